The van der Waals surface area contributed by atoms with Crippen molar-refractivity contribution in [1.29, 1.82) is 0 Å². The molecular weight excluding hydrogens is 458 g/mol. The minimum atomic E-state index is -0.322. The van der Waals surface area contributed by atoms with Gasteiger partial charge < -0.3 is 20.0 Å². The summed E-state index contributed by atoms with van der Waals surface area (Å²) in [6, 6.07) is 20.9. The van der Waals surface area contributed by atoms with Crippen LogP contribution in [-0.4, -0.2) is 31.4 Å². The number of nitrogens with zero attached hydrogens (tertiary/aromatic N) is 1. The summed E-state index contributed by atoms with van der Waals surface area (Å²) in [7, 11) is 0. The normalized spacial score (nSPS) is 15.6. The molecule has 0 aliphatic carbocycles. The molecule has 2 amide bonds. The number of hydrogen-bond donors (Lipinski definition) is 2. The van der Waals surface area contributed by atoms with Crippen molar-refractivity contribution < 1.29 is 14.0 Å². The van der Waals surface area contributed by atoms with Gasteiger partial charge in [-0.1, -0.05) is 30.3 Å². The molecule has 1 atom stereocenters. The smallest absolute Gasteiger partial charge is 0.291 e. The second kappa shape index (κ2) is 9.83. The molecule has 31 heavy (non-hydrogen) atoms. The summed E-state index contributed by atoms with van der Waals surface area (Å²) in [6.07, 6.45) is 1.39. The van der Waals surface area contributed by atoms with Crippen LogP contribution in [0.5, 0.6) is 0 Å². The van der Waals surface area contributed by atoms with Crippen LogP contribution in [0, 0.1) is 5.92 Å². The largest absolute Gasteiger partial charge is 0.444 e. The summed E-state index contributed by atoms with van der Waals surface area (Å²) >= 11 is 3.18. The molecular formula is C24H24BrN3O3. The number of amides is 2. The van der Waals surface area contributed by atoms with Crippen LogP contribution in [0.1, 0.15) is 22.5 Å². The highest BCUT2D eigenvalue weighted by molar-refractivity contribution is 9.10. The molecule has 3 aromatic rings. The number of para-hydroxylation sites is 1. The molecule has 1 aromatic heterocycles. The maximum Gasteiger partial charge on any atom is 0.291 e. The molecule has 160 valence electrons. The fraction of sp³-hybridized carbons (Fsp3) is 0.250. The highest BCUT2D eigenvalue weighted by atomic mass is 79.9. The number of benzene rings is 2. The number of halogens is 1. The lowest BCUT2D eigenvalue weighted by Gasteiger charge is -2.18. The number of carbonyl (C=O) groups excluding carboxylic acids is 2. The molecule has 1 saturated heterocycles. The fourth-order valence-corrected chi connectivity index (χ4v) is 4.02. The van der Waals surface area contributed by atoms with Gasteiger partial charge in [-0.2, -0.15) is 0 Å². The second-order valence-electron chi connectivity index (χ2n) is 7.67. The minimum absolute atomic E-state index is 0.00961. The lowest BCUT2D eigenvalue weighted by Crippen LogP contribution is -2.32. The lowest BCUT2D eigenvalue weighted by molar-refractivity contribution is -0.120. The van der Waals surface area contributed by atoms with E-state index >= 15 is 0 Å². The first-order valence-electron chi connectivity index (χ1n) is 10.3. The first kappa shape index (κ1) is 21.2. The topological polar surface area (TPSA) is 74.6 Å². The Kier molecular flexibility index (Phi) is 6.72. The zero-order valence-electron chi connectivity index (χ0n) is 17.0. The highest BCUT2D eigenvalue weighted by Gasteiger charge is 2.23. The Hall–Kier alpha value is -3.06. The number of furan rings is 1. The predicted octanol–water partition coefficient (Wildman–Crippen LogP) is 4.48. The van der Waals surface area contributed by atoms with Crippen LogP contribution < -0.4 is 15.5 Å². The average Bonchev–Trinajstić information content (AvgIpc) is 3.44. The van der Waals surface area contributed by atoms with Gasteiger partial charge in [-0.25, -0.2) is 0 Å². The fourth-order valence-electron chi connectivity index (χ4n) is 3.71. The van der Waals surface area contributed by atoms with Gasteiger partial charge in [0.2, 0.25) is 5.91 Å². The van der Waals surface area contributed by atoms with E-state index in [-0.39, 0.29) is 17.6 Å². The average molecular weight is 482 g/mol. The quantitative estimate of drug-likeness (QED) is 0.521. The van der Waals surface area contributed by atoms with Crippen LogP contribution in [0.2, 0.25) is 0 Å². The summed E-state index contributed by atoms with van der Waals surface area (Å²) in [4.78, 5) is 26.8. The van der Waals surface area contributed by atoms with E-state index in [1.54, 1.807) is 24.3 Å². The van der Waals surface area contributed by atoms with Crippen LogP contribution in [0.15, 0.2) is 75.8 Å². The minimum Gasteiger partial charge on any atom is -0.444 e. The Labute approximate surface area is 189 Å². The van der Waals surface area contributed by atoms with Crippen molar-refractivity contribution in [3.63, 3.8) is 0 Å². The Bertz CT molecular complexity index is 1030. The van der Waals surface area contributed by atoms with E-state index in [2.05, 4.69) is 55.7 Å². The molecule has 1 fully saturated rings. The van der Waals surface area contributed by atoms with Crippen molar-refractivity contribution >= 4 is 39.1 Å². The van der Waals surface area contributed by atoms with E-state index in [1.807, 2.05) is 18.2 Å². The zero-order valence-corrected chi connectivity index (χ0v) is 18.6. The van der Waals surface area contributed by atoms with E-state index in [1.165, 1.54) is 5.69 Å². The van der Waals surface area contributed by atoms with E-state index in [4.69, 9.17) is 4.42 Å². The number of carbonyl (C=O) groups is 2. The van der Waals surface area contributed by atoms with Crippen molar-refractivity contribution in [2.24, 2.45) is 5.92 Å². The van der Waals surface area contributed by atoms with E-state index in [0.29, 0.717) is 29.2 Å². The molecule has 2 heterocycles. The van der Waals surface area contributed by atoms with Crippen LogP contribution in [0.25, 0.3) is 0 Å². The van der Waals surface area contributed by atoms with E-state index < -0.39 is 0 Å². The molecule has 0 bridgehead atoms. The number of nitrogens with one attached hydrogen (secondary N) is 2. The maximum atomic E-state index is 12.4. The van der Waals surface area contributed by atoms with Crippen LogP contribution >= 0.6 is 15.9 Å². The molecule has 0 radical (unpaired) electrons. The second-order valence-corrected chi connectivity index (χ2v) is 8.45. The van der Waals surface area contributed by atoms with Gasteiger partial charge in [0.05, 0.1) is 6.42 Å². The predicted molar refractivity (Wildman–Crippen MR) is 124 cm³/mol. The van der Waals surface area contributed by atoms with Crippen molar-refractivity contribution in [2.45, 2.75) is 12.8 Å². The third-order valence-electron chi connectivity index (χ3n) is 5.37. The molecule has 2 N–H and O–H groups in total. The molecule has 1 unspecified atom stereocenters. The number of rotatable bonds is 7. The lowest BCUT2D eigenvalue weighted by atomic mass is 10.1. The van der Waals surface area contributed by atoms with Crippen molar-refractivity contribution in [1.82, 2.24) is 5.32 Å². The van der Waals surface area contributed by atoms with Gasteiger partial charge in [0.1, 0.15) is 0 Å². The van der Waals surface area contributed by atoms with Crippen LogP contribution in [0.3, 0.4) is 0 Å². The highest BCUT2D eigenvalue weighted by Crippen LogP contribution is 2.23. The summed E-state index contributed by atoms with van der Waals surface area (Å²) < 4.78 is 5.75. The van der Waals surface area contributed by atoms with Crippen molar-refractivity contribution in [3.8, 4) is 0 Å². The Morgan fingerprint density at radius 2 is 1.81 bits per heavy atom. The zero-order chi connectivity index (χ0) is 21.6. The third-order valence-corrected chi connectivity index (χ3v) is 5.79. The van der Waals surface area contributed by atoms with Gasteiger partial charge >= 0.3 is 0 Å². The molecule has 7 heteroatoms. The summed E-state index contributed by atoms with van der Waals surface area (Å²) in [6.45, 7) is 2.67. The molecule has 4 rings (SSSR count). The maximum absolute atomic E-state index is 12.4. The molecule has 6 nitrogen and oxygen atoms in total. The van der Waals surface area contributed by atoms with Crippen LogP contribution in [0.4, 0.5) is 11.4 Å². The Morgan fingerprint density at radius 1 is 1.03 bits per heavy atom. The van der Waals surface area contributed by atoms with Crippen molar-refractivity contribution in [3.05, 3.63) is 82.7 Å². The van der Waals surface area contributed by atoms with Crippen molar-refractivity contribution in [2.75, 3.05) is 29.9 Å². The first-order chi connectivity index (χ1) is 15.1. The molecule has 0 spiro atoms. The molecule has 1 aliphatic heterocycles. The van der Waals surface area contributed by atoms with Gasteiger partial charge in [0.15, 0.2) is 10.4 Å². The SMILES string of the molecule is O=C(Cc1ccc(NC(=O)c2ccc(Br)o2)cc1)NCC1CCN(c2ccccc2)C1. The summed E-state index contributed by atoms with van der Waals surface area (Å²) in [5.74, 6) is 0.379. The molecule has 2 aromatic carbocycles. The van der Waals surface area contributed by atoms with Gasteiger partial charge in [0, 0.05) is 31.0 Å². The van der Waals surface area contributed by atoms with Gasteiger partial charge in [0.25, 0.3) is 5.91 Å². The molecule has 0 saturated carbocycles. The summed E-state index contributed by atoms with van der Waals surface area (Å²) in [5.41, 5.74) is 2.78. The first-order valence-corrected chi connectivity index (χ1v) is 11.1. The monoisotopic (exact) mass is 481 g/mol. The number of hydrogen-bond acceptors (Lipinski definition) is 4. The standard InChI is InChI=1S/C24H24BrN3O3/c25-22-11-10-21(31-22)24(30)27-19-8-6-17(7-9-19)14-23(29)26-15-18-12-13-28(16-18)20-4-2-1-3-5-20/h1-11,18H,12-16H2,(H,26,29)(H,27,30). The van der Waals surface area contributed by atoms with Gasteiger partial charge in [-0.3, -0.25) is 9.59 Å². The van der Waals surface area contributed by atoms with E-state index in [9.17, 15) is 9.59 Å². The Balaban J connectivity index is 1.21. The third kappa shape index (κ3) is 5.76. The van der Waals surface area contributed by atoms with Gasteiger partial charge in [-0.15, -0.1) is 0 Å². The summed E-state index contributed by atoms with van der Waals surface area (Å²) in [5, 5.41) is 5.84. The van der Waals surface area contributed by atoms with Crippen LogP contribution in [-0.2, 0) is 11.2 Å². The molecule has 1 aliphatic rings. The van der Waals surface area contributed by atoms with Gasteiger partial charge in [-0.05, 0) is 70.2 Å². The Morgan fingerprint density at radius 3 is 2.52 bits per heavy atom. The van der Waals surface area contributed by atoms with E-state index in [0.717, 1.165) is 25.1 Å². The number of anilines is 2.